The van der Waals surface area contributed by atoms with Crippen molar-refractivity contribution in [2.24, 2.45) is 7.05 Å². The fourth-order valence-electron chi connectivity index (χ4n) is 3.00. The summed E-state index contributed by atoms with van der Waals surface area (Å²) in [5, 5.41) is 3.65. The summed E-state index contributed by atoms with van der Waals surface area (Å²) < 4.78 is 2.00. The van der Waals surface area contributed by atoms with E-state index in [1.54, 1.807) is 36.4 Å². The van der Waals surface area contributed by atoms with Gasteiger partial charge in [0.15, 0.2) is 10.9 Å². The van der Waals surface area contributed by atoms with Gasteiger partial charge in [0.1, 0.15) is 0 Å². The van der Waals surface area contributed by atoms with Gasteiger partial charge in [-0.05, 0) is 48.5 Å². The number of amides is 1. The lowest BCUT2D eigenvalue weighted by molar-refractivity contribution is 0.101. The summed E-state index contributed by atoms with van der Waals surface area (Å²) in [7, 11) is 1.95. The van der Waals surface area contributed by atoms with Crippen LogP contribution in [0.2, 0.25) is 0 Å². The molecule has 1 aromatic heterocycles. The second-order valence-corrected chi connectivity index (χ2v) is 7.49. The predicted octanol–water partition coefficient (Wildman–Crippen LogP) is 4.80. The molecule has 0 unspecified atom stereocenters. The van der Waals surface area contributed by atoms with Crippen LogP contribution in [0.1, 0.15) is 20.7 Å². The Balaban J connectivity index is 1.39. The minimum atomic E-state index is -0.179. The molecule has 0 aliphatic heterocycles. The quantitative estimate of drug-likeness (QED) is 0.372. The summed E-state index contributed by atoms with van der Waals surface area (Å²) in [6, 6.07) is 23.9. The summed E-state index contributed by atoms with van der Waals surface area (Å²) in [6.45, 7) is 0. The zero-order chi connectivity index (χ0) is 20.2. The minimum absolute atomic E-state index is 0.0167. The Bertz CT molecular complexity index is 1170. The van der Waals surface area contributed by atoms with Crippen LogP contribution in [-0.2, 0) is 7.05 Å². The molecule has 0 aliphatic rings. The highest BCUT2D eigenvalue weighted by Gasteiger charge is 2.12. The molecule has 1 N–H and O–H groups in total. The lowest BCUT2D eigenvalue weighted by Gasteiger charge is -2.06. The van der Waals surface area contributed by atoms with Gasteiger partial charge in [-0.3, -0.25) is 9.59 Å². The maximum absolute atomic E-state index is 12.6. The van der Waals surface area contributed by atoms with E-state index in [9.17, 15) is 9.59 Å². The third-order valence-corrected chi connectivity index (χ3v) is 5.61. The molecule has 3 aromatic carbocycles. The van der Waals surface area contributed by atoms with Crippen molar-refractivity contribution in [1.29, 1.82) is 0 Å². The number of para-hydroxylation sites is 2. The van der Waals surface area contributed by atoms with Gasteiger partial charge < -0.3 is 9.88 Å². The third kappa shape index (κ3) is 4.22. The van der Waals surface area contributed by atoms with Crippen LogP contribution in [0.5, 0.6) is 0 Å². The van der Waals surface area contributed by atoms with E-state index < -0.39 is 0 Å². The monoisotopic (exact) mass is 401 g/mol. The molecule has 4 aromatic rings. The number of fused-ring (bicyclic) bond motifs is 1. The molecule has 0 bridgehead atoms. The molecular formula is C23H19N3O2S. The van der Waals surface area contributed by atoms with Crippen LogP contribution >= 0.6 is 11.8 Å². The fraction of sp³-hybridized carbons (Fsp3) is 0.0870. The number of carbonyl (C=O) groups excluding carboxylic acids is 2. The molecule has 4 rings (SSSR count). The lowest BCUT2D eigenvalue weighted by Crippen LogP contribution is -2.12. The first-order valence-electron chi connectivity index (χ1n) is 9.16. The first kappa shape index (κ1) is 19.0. The number of hydrogen-bond acceptors (Lipinski definition) is 4. The van der Waals surface area contributed by atoms with Gasteiger partial charge in [0.2, 0.25) is 0 Å². The van der Waals surface area contributed by atoms with Crippen molar-refractivity contribution in [3.05, 3.63) is 90.0 Å². The Morgan fingerprint density at radius 2 is 1.59 bits per heavy atom. The number of imidazole rings is 1. The van der Waals surface area contributed by atoms with Crippen LogP contribution in [0.4, 0.5) is 5.69 Å². The van der Waals surface area contributed by atoms with Crippen LogP contribution in [0.15, 0.2) is 84.0 Å². The number of thioether (sulfide) groups is 1. The van der Waals surface area contributed by atoms with Crippen molar-refractivity contribution in [2.45, 2.75) is 5.16 Å². The van der Waals surface area contributed by atoms with Gasteiger partial charge in [0.05, 0.1) is 16.8 Å². The summed E-state index contributed by atoms with van der Waals surface area (Å²) in [6.07, 6.45) is 0. The summed E-state index contributed by atoms with van der Waals surface area (Å²) in [5.74, 6) is 0.137. The normalized spacial score (nSPS) is 10.8. The molecule has 5 nitrogen and oxygen atoms in total. The highest BCUT2D eigenvalue weighted by atomic mass is 32.2. The molecule has 0 spiro atoms. The van der Waals surface area contributed by atoms with E-state index in [0.29, 0.717) is 22.6 Å². The van der Waals surface area contributed by atoms with Gasteiger partial charge in [-0.2, -0.15) is 0 Å². The summed E-state index contributed by atoms with van der Waals surface area (Å²) in [5.41, 5.74) is 3.81. The molecule has 0 saturated carbocycles. The summed E-state index contributed by atoms with van der Waals surface area (Å²) in [4.78, 5) is 29.3. The minimum Gasteiger partial charge on any atom is -0.322 e. The van der Waals surface area contributed by atoms with Crippen LogP contribution < -0.4 is 5.32 Å². The Labute approximate surface area is 172 Å². The summed E-state index contributed by atoms with van der Waals surface area (Å²) >= 11 is 1.42. The Morgan fingerprint density at radius 1 is 0.897 bits per heavy atom. The van der Waals surface area contributed by atoms with Gasteiger partial charge in [0, 0.05) is 23.9 Å². The van der Waals surface area contributed by atoms with Crippen LogP contribution in [0, 0.1) is 0 Å². The van der Waals surface area contributed by atoms with Gasteiger partial charge in [0.25, 0.3) is 5.91 Å². The maximum Gasteiger partial charge on any atom is 0.255 e. The molecule has 0 radical (unpaired) electrons. The number of nitrogens with zero attached hydrogens (tertiary/aromatic N) is 2. The number of aryl methyl sites for hydroxylation is 1. The van der Waals surface area contributed by atoms with Crippen LogP contribution in [0.3, 0.4) is 0 Å². The first-order valence-corrected chi connectivity index (χ1v) is 10.1. The van der Waals surface area contributed by atoms with Crippen molar-refractivity contribution < 1.29 is 9.59 Å². The highest BCUT2D eigenvalue weighted by molar-refractivity contribution is 7.99. The zero-order valence-electron chi connectivity index (χ0n) is 15.8. The Hall–Kier alpha value is -3.38. The topological polar surface area (TPSA) is 64.0 Å². The number of carbonyl (C=O) groups is 2. The van der Waals surface area contributed by atoms with Crippen molar-refractivity contribution in [3.8, 4) is 0 Å². The molecule has 144 valence electrons. The van der Waals surface area contributed by atoms with Gasteiger partial charge in [-0.15, -0.1) is 0 Å². The molecular weight excluding hydrogens is 382 g/mol. The smallest absolute Gasteiger partial charge is 0.255 e. The average Bonchev–Trinajstić information content (AvgIpc) is 3.09. The van der Waals surface area contributed by atoms with E-state index in [4.69, 9.17) is 0 Å². The molecule has 1 heterocycles. The van der Waals surface area contributed by atoms with E-state index in [0.717, 1.165) is 16.2 Å². The fourth-order valence-corrected chi connectivity index (χ4v) is 3.88. The average molecular weight is 401 g/mol. The van der Waals surface area contributed by atoms with E-state index in [1.165, 1.54) is 11.8 Å². The zero-order valence-corrected chi connectivity index (χ0v) is 16.6. The largest absolute Gasteiger partial charge is 0.322 e. The van der Waals surface area contributed by atoms with Crippen molar-refractivity contribution >= 4 is 40.2 Å². The number of ketones is 1. The molecule has 0 saturated heterocycles. The number of anilines is 1. The van der Waals surface area contributed by atoms with Crippen molar-refractivity contribution in [2.75, 3.05) is 11.1 Å². The number of aromatic nitrogens is 2. The SMILES string of the molecule is Cn1c(SCC(=O)c2ccc(NC(=O)c3ccccc3)cc2)nc2ccccc21. The van der Waals surface area contributed by atoms with E-state index in [-0.39, 0.29) is 11.7 Å². The Morgan fingerprint density at radius 3 is 2.31 bits per heavy atom. The molecule has 6 heteroatoms. The number of hydrogen-bond donors (Lipinski definition) is 1. The van der Waals surface area contributed by atoms with Gasteiger partial charge in [-0.1, -0.05) is 42.1 Å². The van der Waals surface area contributed by atoms with Gasteiger partial charge in [-0.25, -0.2) is 4.98 Å². The molecule has 0 fully saturated rings. The Kier molecular flexibility index (Phi) is 5.44. The third-order valence-electron chi connectivity index (χ3n) is 4.58. The molecule has 0 aliphatic carbocycles. The molecule has 29 heavy (non-hydrogen) atoms. The van der Waals surface area contributed by atoms with E-state index in [1.807, 2.05) is 54.1 Å². The van der Waals surface area contributed by atoms with Crippen molar-refractivity contribution in [3.63, 3.8) is 0 Å². The standard InChI is InChI=1S/C23H19N3O2S/c1-26-20-10-6-5-9-19(20)25-23(26)29-15-21(27)16-11-13-18(14-12-16)24-22(28)17-7-3-2-4-8-17/h2-14H,15H2,1H3,(H,24,28). The second kappa shape index (κ2) is 8.32. The number of nitrogens with one attached hydrogen (secondary N) is 1. The number of Topliss-reactive ketones (excluding diaryl/α,β-unsaturated/α-hetero) is 1. The van der Waals surface area contributed by atoms with Crippen LogP contribution in [-0.4, -0.2) is 27.0 Å². The van der Waals surface area contributed by atoms with E-state index in [2.05, 4.69) is 10.3 Å². The first-order chi connectivity index (χ1) is 14.1. The second-order valence-electron chi connectivity index (χ2n) is 6.55. The predicted molar refractivity (Wildman–Crippen MR) is 117 cm³/mol. The van der Waals surface area contributed by atoms with Crippen LogP contribution in [0.25, 0.3) is 11.0 Å². The van der Waals surface area contributed by atoms with Gasteiger partial charge >= 0.3 is 0 Å². The van der Waals surface area contributed by atoms with Crippen molar-refractivity contribution in [1.82, 2.24) is 9.55 Å². The lowest BCUT2D eigenvalue weighted by atomic mass is 10.1. The van der Waals surface area contributed by atoms with E-state index >= 15 is 0 Å². The number of rotatable bonds is 6. The highest BCUT2D eigenvalue weighted by Crippen LogP contribution is 2.23. The maximum atomic E-state index is 12.6. The molecule has 1 amide bonds. The molecule has 0 atom stereocenters. The number of benzene rings is 3.